The van der Waals surface area contributed by atoms with E-state index in [1.165, 1.54) is 12.3 Å². The Morgan fingerprint density at radius 3 is 2.69 bits per heavy atom. The molecule has 1 aromatic heterocycles. The minimum atomic E-state index is -4.08. The van der Waals surface area contributed by atoms with Crippen LogP contribution >= 0.6 is 0 Å². The van der Waals surface area contributed by atoms with Gasteiger partial charge < -0.3 is 10.6 Å². The molecular formula is C8H10F4N4. The Morgan fingerprint density at radius 2 is 2.12 bits per heavy atom. The molecule has 0 amide bonds. The van der Waals surface area contributed by atoms with Crippen LogP contribution in [-0.4, -0.2) is 35.9 Å². The van der Waals surface area contributed by atoms with Gasteiger partial charge in [-0.3, -0.25) is 0 Å². The molecular weight excluding hydrogens is 228 g/mol. The largest absolute Gasteiger partial charge is 0.364 e. The second-order valence-corrected chi connectivity index (χ2v) is 2.93. The van der Waals surface area contributed by atoms with Gasteiger partial charge in [-0.2, -0.15) is 13.8 Å². The third-order valence-electron chi connectivity index (χ3n) is 1.70. The normalized spacial score (nSPS) is 11.6. The lowest BCUT2D eigenvalue weighted by molar-refractivity contribution is -0.117. The zero-order chi connectivity index (χ0) is 12.2. The average molecular weight is 238 g/mol. The molecule has 0 aliphatic carbocycles. The predicted molar refractivity (Wildman–Crippen MR) is 51.0 cm³/mol. The monoisotopic (exact) mass is 238 g/mol. The lowest BCUT2D eigenvalue weighted by Gasteiger charge is -2.16. The third kappa shape index (κ3) is 3.21. The molecule has 0 atom stereocenters. The van der Waals surface area contributed by atoms with E-state index in [1.54, 1.807) is 7.05 Å². The van der Waals surface area contributed by atoms with Crippen molar-refractivity contribution in [3.8, 4) is 0 Å². The Balaban J connectivity index is 2.60. The van der Waals surface area contributed by atoms with Gasteiger partial charge in [0.2, 0.25) is 5.95 Å². The molecule has 0 fully saturated rings. The first kappa shape index (κ1) is 12.5. The number of alkyl halides is 4. The van der Waals surface area contributed by atoms with E-state index in [0.29, 0.717) is 0 Å². The maximum Gasteiger partial charge on any atom is 0.324 e. The third-order valence-corrected chi connectivity index (χ3v) is 1.70. The number of hydrogen-bond acceptors (Lipinski definition) is 4. The molecule has 1 aromatic rings. The Bertz CT molecular complexity index is 345. The van der Waals surface area contributed by atoms with Gasteiger partial charge in [-0.25, -0.2) is 13.8 Å². The van der Waals surface area contributed by atoms with Gasteiger partial charge >= 0.3 is 12.3 Å². The molecule has 0 aliphatic heterocycles. The smallest absolute Gasteiger partial charge is 0.324 e. The number of halogens is 4. The highest BCUT2D eigenvalue weighted by atomic mass is 19.3. The van der Waals surface area contributed by atoms with Crippen LogP contribution in [0.3, 0.4) is 0 Å². The minimum absolute atomic E-state index is 0.0553. The number of anilines is 2. The van der Waals surface area contributed by atoms with Crippen LogP contribution in [0.25, 0.3) is 0 Å². The highest BCUT2D eigenvalue weighted by Crippen LogP contribution is 2.22. The molecule has 0 aromatic carbocycles. The summed E-state index contributed by atoms with van der Waals surface area (Å²) < 4.78 is 48.7. The van der Waals surface area contributed by atoms with E-state index in [9.17, 15) is 17.6 Å². The van der Waals surface area contributed by atoms with Crippen LogP contribution < -0.4 is 10.6 Å². The summed E-state index contributed by atoms with van der Waals surface area (Å²) in [4.78, 5) is 7.48. The van der Waals surface area contributed by atoms with Crippen LogP contribution in [0.2, 0.25) is 0 Å². The van der Waals surface area contributed by atoms with Crippen molar-refractivity contribution in [2.24, 2.45) is 0 Å². The first-order valence-corrected chi connectivity index (χ1v) is 4.36. The van der Waals surface area contributed by atoms with Gasteiger partial charge in [0.25, 0.3) is 0 Å². The molecule has 0 radical (unpaired) electrons. The fraction of sp³-hybridized carbons (Fsp3) is 0.500. The van der Waals surface area contributed by atoms with Gasteiger partial charge in [-0.1, -0.05) is 0 Å². The topological polar surface area (TPSA) is 49.8 Å². The molecule has 0 saturated heterocycles. The van der Waals surface area contributed by atoms with E-state index >= 15 is 0 Å². The molecule has 0 saturated carbocycles. The van der Waals surface area contributed by atoms with Gasteiger partial charge in [0.05, 0.1) is 6.54 Å². The van der Waals surface area contributed by atoms with Gasteiger partial charge in [-0.15, -0.1) is 0 Å². The summed E-state index contributed by atoms with van der Waals surface area (Å²) in [7, 11) is 1.55. The quantitative estimate of drug-likeness (QED) is 0.768. The lowest BCUT2D eigenvalue weighted by atomic mass is 10.3. The number of aromatic nitrogens is 2. The molecule has 1 rings (SSSR count). The van der Waals surface area contributed by atoms with Gasteiger partial charge in [0.1, 0.15) is 5.82 Å². The zero-order valence-corrected chi connectivity index (χ0v) is 8.35. The fourth-order valence-corrected chi connectivity index (χ4v) is 0.863. The second kappa shape index (κ2) is 4.95. The van der Waals surface area contributed by atoms with E-state index in [0.717, 1.165) is 0 Å². The van der Waals surface area contributed by atoms with Crippen molar-refractivity contribution in [2.45, 2.75) is 12.3 Å². The molecule has 2 N–H and O–H groups in total. The Hall–Kier alpha value is -1.60. The number of hydrogen-bond donors (Lipinski definition) is 2. The van der Waals surface area contributed by atoms with E-state index < -0.39 is 18.9 Å². The maximum absolute atomic E-state index is 12.5. The minimum Gasteiger partial charge on any atom is -0.364 e. The number of nitrogens with one attached hydrogen (secondary N) is 2. The summed E-state index contributed by atoms with van der Waals surface area (Å²) in [6.45, 7) is -1.18. The maximum atomic E-state index is 12.5. The van der Waals surface area contributed by atoms with Crippen LogP contribution in [-0.2, 0) is 0 Å². The Labute approximate surface area is 89.1 Å². The second-order valence-electron chi connectivity index (χ2n) is 2.93. The zero-order valence-electron chi connectivity index (χ0n) is 8.35. The molecule has 16 heavy (non-hydrogen) atoms. The SMILES string of the molecule is CNc1nccc(NCC(F)(F)C(F)F)n1. The van der Waals surface area contributed by atoms with Crippen molar-refractivity contribution >= 4 is 11.8 Å². The number of rotatable bonds is 5. The summed E-state index contributed by atoms with van der Waals surface area (Å²) in [6.07, 6.45) is -2.38. The van der Waals surface area contributed by atoms with Crippen molar-refractivity contribution in [1.29, 1.82) is 0 Å². The first-order valence-electron chi connectivity index (χ1n) is 4.36. The van der Waals surface area contributed by atoms with E-state index in [4.69, 9.17) is 0 Å². The Kier molecular flexibility index (Phi) is 3.86. The van der Waals surface area contributed by atoms with E-state index in [-0.39, 0.29) is 11.8 Å². The van der Waals surface area contributed by atoms with Crippen molar-refractivity contribution in [2.75, 3.05) is 24.2 Å². The van der Waals surface area contributed by atoms with Crippen LogP contribution in [0.4, 0.5) is 29.3 Å². The molecule has 8 heteroatoms. The van der Waals surface area contributed by atoms with E-state index in [2.05, 4.69) is 20.6 Å². The standard InChI is InChI=1S/C8H10F4N4/c1-13-7-14-3-2-5(16-7)15-4-8(11,12)6(9)10/h2-3,6H,4H2,1H3,(H2,13,14,15,16). The summed E-state index contributed by atoms with van der Waals surface area (Å²) >= 11 is 0. The molecule has 0 spiro atoms. The van der Waals surface area contributed by atoms with Gasteiger partial charge in [0, 0.05) is 13.2 Å². The van der Waals surface area contributed by atoms with Crippen molar-refractivity contribution in [1.82, 2.24) is 9.97 Å². The molecule has 90 valence electrons. The highest BCUT2D eigenvalue weighted by molar-refractivity contribution is 5.39. The van der Waals surface area contributed by atoms with Crippen LogP contribution in [0.15, 0.2) is 12.3 Å². The van der Waals surface area contributed by atoms with Crippen molar-refractivity contribution in [3.05, 3.63) is 12.3 Å². The van der Waals surface area contributed by atoms with Gasteiger partial charge in [-0.05, 0) is 6.07 Å². The molecule has 0 unspecified atom stereocenters. The first-order chi connectivity index (χ1) is 7.45. The number of nitrogens with zero attached hydrogens (tertiary/aromatic N) is 2. The van der Waals surface area contributed by atoms with Gasteiger partial charge in [0.15, 0.2) is 0 Å². The average Bonchev–Trinajstić information content (AvgIpc) is 2.26. The fourth-order valence-electron chi connectivity index (χ4n) is 0.863. The van der Waals surface area contributed by atoms with Crippen molar-refractivity contribution in [3.63, 3.8) is 0 Å². The lowest BCUT2D eigenvalue weighted by Crippen LogP contribution is -2.35. The molecule has 1 heterocycles. The Morgan fingerprint density at radius 1 is 1.44 bits per heavy atom. The summed E-state index contributed by atoms with van der Waals surface area (Å²) in [5.74, 6) is -3.81. The van der Waals surface area contributed by atoms with Crippen LogP contribution in [0.5, 0.6) is 0 Å². The van der Waals surface area contributed by atoms with Crippen LogP contribution in [0.1, 0.15) is 0 Å². The summed E-state index contributed by atoms with van der Waals surface area (Å²) in [6, 6.07) is 1.31. The van der Waals surface area contributed by atoms with E-state index in [1.807, 2.05) is 0 Å². The van der Waals surface area contributed by atoms with Crippen LogP contribution in [0, 0.1) is 0 Å². The summed E-state index contributed by atoms with van der Waals surface area (Å²) in [5.41, 5.74) is 0. The molecule has 0 aliphatic rings. The highest BCUT2D eigenvalue weighted by Gasteiger charge is 2.40. The summed E-state index contributed by atoms with van der Waals surface area (Å²) in [5, 5.41) is 4.71. The molecule has 0 bridgehead atoms. The van der Waals surface area contributed by atoms with Crippen molar-refractivity contribution < 1.29 is 17.6 Å². The molecule has 4 nitrogen and oxygen atoms in total. The predicted octanol–water partition coefficient (Wildman–Crippen LogP) is 1.83.